The topological polar surface area (TPSA) is 64.6 Å². The second-order valence-corrected chi connectivity index (χ2v) is 5.56. The Morgan fingerprint density at radius 3 is 2.29 bits per heavy atom. The molecule has 5 nitrogen and oxygen atoms in total. The number of rotatable bonds is 6. The van der Waals surface area contributed by atoms with Crippen molar-refractivity contribution < 1.29 is 19.1 Å². The number of Topliss-reactive ketones (excluding diaryl/α,β-unsaturated/α-hetero) is 1. The van der Waals surface area contributed by atoms with Gasteiger partial charge < -0.3 is 14.8 Å². The van der Waals surface area contributed by atoms with Gasteiger partial charge in [0, 0.05) is 16.8 Å². The van der Waals surface area contributed by atoms with Gasteiger partial charge in [0.25, 0.3) is 0 Å². The van der Waals surface area contributed by atoms with Crippen LogP contribution in [0.2, 0.25) is 5.02 Å². The van der Waals surface area contributed by atoms with Gasteiger partial charge >= 0.3 is 0 Å². The lowest BCUT2D eigenvalue weighted by atomic mass is 10.0. The molecule has 0 heterocycles. The lowest BCUT2D eigenvalue weighted by Crippen LogP contribution is -2.15. The van der Waals surface area contributed by atoms with Gasteiger partial charge in [0.15, 0.2) is 5.78 Å². The molecule has 2 aromatic rings. The molecule has 2 aromatic carbocycles. The van der Waals surface area contributed by atoms with E-state index in [4.69, 9.17) is 21.1 Å². The number of ether oxygens (including phenoxy) is 2. The Kier molecular flexibility index (Phi) is 5.82. The number of amides is 1. The fourth-order valence-electron chi connectivity index (χ4n) is 2.26. The standard InChI is InChI=1S/C18H18ClNO4/c1-11(21)12-4-6-16(23-2)13(8-12)9-18(22)20-14-5-7-17(24-3)15(19)10-14/h4-8,10H,9H2,1-3H3,(H,20,22). The summed E-state index contributed by atoms with van der Waals surface area (Å²) in [6, 6.07) is 10.0. The van der Waals surface area contributed by atoms with Crippen LogP contribution in [0.1, 0.15) is 22.8 Å². The number of halogens is 1. The summed E-state index contributed by atoms with van der Waals surface area (Å²) in [4.78, 5) is 23.8. The molecule has 0 aromatic heterocycles. The molecule has 0 saturated heterocycles. The first-order valence-corrected chi connectivity index (χ1v) is 7.63. The molecule has 0 radical (unpaired) electrons. The predicted octanol–water partition coefficient (Wildman–Crippen LogP) is 3.74. The highest BCUT2D eigenvalue weighted by Crippen LogP contribution is 2.27. The van der Waals surface area contributed by atoms with Gasteiger partial charge in [0.1, 0.15) is 11.5 Å². The summed E-state index contributed by atoms with van der Waals surface area (Å²) >= 11 is 6.04. The summed E-state index contributed by atoms with van der Waals surface area (Å²) < 4.78 is 10.3. The number of carbonyl (C=O) groups excluding carboxylic acids is 2. The van der Waals surface area contributed by atoms with E-state index in [2.05, 4.69) is 5.32 Å². The summed E-state index contributed by atoms with van der Waals surface area (Å²) in [6.07, 6.45) is 0.0773. The van der Waals surface area contributed by atoms with E-state index >= 15 is 0 Å². The molecule has 1 N–H and O–H groups in total. The number of methoxy groups -OCH3 is 2. The van der Waals surface area contributed by atoms with Gasteiger partial charge in [-0.05, 0) is 43.3 Å². The Morgan fingerprint density at radius 1 is 1.04 bits per heavy atom. The molecule has 2 rings (SSSR count). The van der Waals surface area contributed by atoms with E-state index in [9.17, 15) is 9.59 Å². The minimum absolute atomic E-state index is 0.0683. The monoisotopic (exact) mass is 347 g/mol. The molecule has 0 atom stereocenters. The summed E-state index contributed by atoms with van der Waals surface area (Å²) in [5.74, 6) is 0.782. The van der Waals surface area contributed by atoms with Crippen molar-refractivity contribution in [2.24, 2.45) is 0 Å². The van der Waals surface area contributed by atoms with Crippen LogP contribution in [0.3, 0.4) is 0 Å². The summed E-state index contributed by atoms with van der Waals surface area (Å²) in [6.45, 7) is 1.48. The molecule has 0 unspecified atom stereocenters. The van der Waals surface area contributed by atoms with Crippen LogP contribution in [0, 0.1) is 0 Å². The average molecular weight is 348 g/mol. The van der Waals surface area contributed by atoms with Gasteiger partial charge in [-0.1, -0.05) is 11.6 Å². The zero-order valence-corrected chi connectivity index (χ0v) is 14.4. The van der Waals surface area contributed by atoms with Gasteiger partial charge in [-0.2, -0.15) is 0 Å². The number of anilines is 1. The average Bonchev–Trinajstić information content (AvgIpc) is 2.54. The van der Waals surface area contributed by atoms with Crippen LogP contribution in [-0.2, 0) is 11.2 Å². The van der Waals surface area contributed by atoms with Gasteiger partial charge in [0.05, 0.1) is 25.7 Å². The van der Waals surface area contributed by atoms with Crippen LogP contribution in [0.25, 0.3) is 0 Å². The summed E-state index contributed by atoms with van der Waals surface area (Å²) in [5.41, 5.74) is 1.74. The number of nitrogens with one attached hydrogen (secondary N) is 1. The fourth-order valence-corrected chi connectivity index (χ4v) is 2.52. The highest BCUT2D eigenvalue weighted by Gasteiger charge is 2.12. The SMILES string of the molecule is COc1ccc(NC(=O)Cc2cc(C(C)=O)ccc2OC)cc1Cl. The van der Waals surface area contributed by atoms with E-state index in [1.165, 1.54) is 21.1 Å². The maximum atomic E-state index is 12.3. The number of ketones is 1. The Bertz CT molecular complexity index is 774. The van der Waals surface area contributed by atoms with Crippen molar-refractivity contribution in [3.63, 3.8) is 0 Å². The molecular weight excluding hydrogens is 330 g/mol. The molecule has 126 valence electrons. The largest absolute Gasteiger partial charge is 0.496 e. The minimum atomic E-state index is -0.241. The van der Waals surface area contributed by atoms with Crippen molar-refractivity contribution >= 4 is 29.0 Å². The van der Waals surface area contributed by atoms with Crippen molar-refractivity contribution in [3.8, 4) is 11.5 Å². The first kappa shape index (κ1) is 17.8. The maximum absolute atomic E-state index is 12.3. The molecule has 0 aliphatic carbocycles. The first-order valence-electron chi connectivity index (χ1n) is 7.26. The highest BCUT2D eigenvalue weighted by atomic mass is 35.5. The van der Waals surface area contributed by atoms with E-state index in [-0.39, 0.29) is 18.1 Å². The third kappa shape index (κ3) is 4.26. The lowest BCUT2D eigenvalue weighted by molar-refractivity contribution is -0.115. The zero-order valence-electron chi connectivity index (χ0n) is 13.7. The molecule has 0 fully saturated rings. The fraction of sp³-hybridized carbons (Fsp3) is 0.222. The zero-order chi connectivity index (χ0) is 17.7. The second kappa shape index (κ2) is 7.84. The van der Waals surface area contributed by atoms with E-state index in [1.807, 2.05) is 0 Å². The van der Waals surface area contributed by atoms with E-state index in [1.54, 1.807) is 36.4 Å². The van der Waals surface area contributed by atoms with Crippen molar-refractivity contribution in [1.29, 1.82) is 0 Å². The van der Waals surface area contributed by atoms with Crippen molar-refractivity contribution in [1.82, 2.24) is 0 Å². The van der Waals surface area contributed by atoms with Crippen LogP contribution >= 0.6 is 11.6 Å². The normalized spacial score (nSPS) is 10.2. The highest BCUT2D eigenvalue weighted by molar-refractivity contribution is 6.32. The van der Waals surface area contributed by atoms with Crippen LogP contribution in [-0.4, -0.2) is 25.9 Å². The second-order valence-electron chi connectivity index (χ2n) is 5.16. The number of hydrogen-bond donors (Lipinski definition) is 1. The van der Waals surface area contributed by atoms with Crippen LogP contribution in [0.4, 0.5) is 5.69 Å². The third-order valence-corrected chi connectivity index (χ3v) is 3.77. The summed E-state index contributed by atoms with van der Waals surface area (Å²) in [5, 5.41) is 3.17. The van der Waals surface area contributed by atoms with Gasteiger partial charge in [-0.25, -0.2) is 0 Å². The molecule has 0 saturated carbocycles. The van der Waals surface area contributed by atoms with E-state index in [0.29, 0.717) is 33.3 Å². The first-order chi connectivity index (χ1) is 11.4. The number of hydrogen-bond acceptors (Lipinski definition) is 4. The molecule has 6 heteroatoms. The summed E-state index contributed by atoms with van der Waals surface area (Å²) in [7, 11) is 3.04. The van der Waals surface area contributed by atoms with Crippen molar-refractivity contribution in [2.45, 2.75) is 13.3 Å². The van der Waals surface area contributed by atoms with Crippen LogP contribution < -0.4 is 14.8 Å². The Hall–Kier alpha value is -2.53. The van der Waals surface area contributed by atoms with E-state index in [0.717, 1.165) is 0 Å². The van der Waals surface area contributed by atoms with Gasteiger partial charge in [0.2, 0.25) is 5.91 Å². The van der Waals surface area contributed by atoms with Crippen molar-refractivity contribution in [2.75, 3.05) is 19.5 Å². The molecule has 0 aliphatic heterocycles. The molecule has 0 bridgehead atoms. The predicted molar refractivity (Wildman–Crippen MR) is 93.3 cm³/mol. The molecule has 24 heavy (non-hydrogen) atoms. The van der Waals surface area contributed by atoms with Crippen molar-refractivity contribution in [3.05, 3.63) is 52.5 Å². The lowest BCUT2D eigenvalue weighted by Gasteiger charge is -2.11. The number of benzene rings is 2. The van der Waals surface area contributed by atoms with Gasteiger partial charge in [-0.3, -0.25) is 9.59 Å². The Balaban J connectivity index is 2.16. The van der Waals surface area contributed by atoms with Gasteiger partial charge in [-0.15, -0.1) is 0 Å². The molecule has 0 aliphatic rings. The Morgan fingerprint density at radius 2 is 1.71 bits per heavy atom. The third-order valence-electron chi connectivity index (χ3n) is 3.47. The van der Waals surface area contributed by atoms with Crippen LogP contribution in [0.15, 0.2) is 36.4 Å². The van der Waals surface area contributed by atoms with E-state index < -0.39 is 0 Å². The number of carbonyl (C=O) groups is 2. The quantitative estimate of drug-likeness (QED) is 0.808. The molecule has 1 amide bonds. The Labute approximate surface area is 145 Å². The van der Waals surface area contributed by atoms with Crippen LogP contribution in [0.5, 0.6) is 11.5 Å². The minimum Gasteiger partial charge on any atom is -0.496 e. The molecule has 0 spiro atoms. The maximum Gasteiger partial charge on any atom is 0.228 e. The molecular formula is C18H18ClNO4. The smallest absolute Gasteiger partial charge is 0.228 e.